The van der Waals surface area contributed by atoms with Crippen LogP contribution < -0.4 is 0 Å². The van der Waals surface area contributed by atoms with Crippen molar-refractivity contribution in [2.45, 2.75) is 46.2 Å². The molecule has 0 spiro atoms. The van der Waals surface area contributed by atoms with Crippen molar-refractivity contribution < 1.29 is 13.6 Å². The maximum Gasteiger partial charge on any atom is 0.335 e. The summed E-state index contributed by atoms with van der Waals surface area (Å²) in [6.07, 6.45) is 4.55. The monoisotopic (exact) mass is 638 g/mol. The third-order valence-corrected chi connectivity index (χ3v) is 8.38. The molecule has 0 saturated carbocycles. The largest absolute Gasteiger partial charge is 0.335 e. The van der Waals surface area contributed by atoms with Crippen molar-refractivity contribution in [1.82, 2.24) is 0 Å². The van der Waals surface area contributed by atoms with Crippen molar-refractivity contribution in [2.75, 3.05) is 13.2 Å². The van der Waals surface area contributed by atoms with Crippen LogP contribution in [-0.4, -0.2) is 13.2 Å². The van der Waals surface area contributed by atoms with E-state index in [1.165, 1.54) is 11.1 Å². The quantitative estimate of drug-likeness (QED) is 0.167. The van der Waals surface area contributed by atoms with Gasteiger partial charge in [0.25, 0.3) is 0 Å². The average Bonchev–Trinajstić information content (AvgIpc) is 2.63. The zero-order valence-electron chi connectivity index (χ0n) is 17.7. The fraction of sp³-hybridized carbons (Fsp3) is 0.391. The molecule has 158 valence electrons. The topological polar surface area (TPSA) is 35.5 Å². The Morgan fingerprint density at radius 2 is 1.52 bits per heavy atom. The van der Waals surface area contributed by atoms with Gasteiger partial charge in [-0.2, -0.15) is 0 Å². The Morgan fingerprint density at radius 1 is 0.931 bits per heavy atom. The van der Waals surface area contributed by atoms with Crippen LogP contribution in [0.1, 0.15) is 56.9 Å². The summed E-state index contributed by atoms with van der Waals surface area (Å²) in [6, 6.07) is 12.9. The van der Waals surface area contributed by atoms with Gasteiger partial charge in [-0.05, 0) is 98.8 Å². The summed E-state index contributed by atoms with van der Waals surface area (Å²) in [4.78, 5) is 0. The highest BCUT2D eigenvalue weighted by molar-refractivity contribution is 14.1. The highest BCUT2D eigenvalue weighted by Gasteiger charge is 2.25. The van der Waals surface area contributed by atoms with Crippen LogP contribution >= 0.6 is 52.8 Å². The molecule has 0 N–H and O–H groups in total. The fourth-order valence-corrected chi connectivity index (χ4v) is 6.28. The van der Waals surface area contributed by atoms with E-state index in [4.69, 9.17) is 9.05 Å². The Balaban J connectivity index is 2.22. The van der Waals surface area contributed by atoms with E-state index in [9.17, 15) is 4.57 Å². The Hall–Kier alpha value is -0.210. The number of benzene rings is 2. The molecule has 0 saturated heterocycles. The summed E-state index contributed by atoms with van der Waals surface area (Å²) >= 11 is 4.63. The van der Waals surface area contributed by atoms with Crippen molar-refractivity contribution in [3.8, 4) is 0 Å². The third kappa shape index (κ3) is 7.46. The van der Waals surface area contributed by atoms with Gasteiger partial charge in [-0.15, -0.1) is 0 Å². The number of hydrogen-bond donors (Lipinski definition) is 0. The maximum atomic E-state index is 12.9. The summed E-state index contributed by atoms with van der Waals surface area (Å²) in [6.45, 7) is 11.1. The lowest BCUT2D eigenvalue weighted by atomic mass is 9.87. The van der Waals surface area contributed by atoms with Gasteiger partial charge in [-0.3, -0.25) is 4.57 Å². The Kier molecular flexibility index (Phi) is 9.41. The molecule has 0 radical (unpaired) electrons. The highest BCUT2D eigenvalue weighted by Crippen LogP contribution is 2.52. The van der Waals surface area contributed by atoms with Crippen LogP contribution in [0.4, 0.5) is 0 Å². The van der Waals surface area contributed by atoms with Crippen LogP contribution in [0.15, 0.2) is 36.4 Å². The average molecular weight is 638 g/mol. The van der Waals surface area contributed by atoms with Crippen LogP contribution in [0.2, 0.25) is 0 Å². The Morgan fingerprint density at radius 3 is 2.03 bits per heavy atom. The van der Waals surface area contributed by atoms with E-state index in [0.29, 0.717) is 19.4 Å². The maximum absolute atomic E-state index is 12.9. The van der Waals surface area contributed by atoms with Crippen LogP contribution in [0.25, 0.3) is 12.2 Å². The molecule has 0 fully saturated rings. The lowest BCUT2D eigenvalue weighted by molar-refractivity contribution is 0.219. The molecule has 0 aromatic heterocycles. The first-order chi connectivity index (χ1) is 13.6. The number of halogens is 2. The zero-order valence-corrected chi connectivity index (χ0v) is 22.9. The van der Waals surface area contributed by atoms with E-state index in [1.807, 2.05) is 13.8 Å². The van der Waals surface area contributed by atoms with E-state index < -0.39 is 7.60 Å². The third-order valence-electron chi connectivity index (χ3n) is 4.41. The normalized spacial score (nSPS) is 12.7. The number of hydrogen-bond acceptors (Lipinski definition) is 3. The van der Waals surface area contributed by atoms with Gasteiger partial charge in [0.1, 0.15) is 0 Å². The molecule has 0 unspecified atom stereocenters. The van der Waals surface area contributed by atoms with Gasteiger partial charge in [-0.1, -0.05) is 57.2 Å². The Labute approximate surface area is 202 Å². The van der Waals surface area contributed by atoms with Gasteiger partial charge < -0.3 is 9.05 Å². The van der Waals surface area contributed by atoms with Crippen LogP contribution in [0, 0.1) is 7.14 Å². The molecule has 0 aliphatic carbocycles. The molecule has 2 aromatic carbocycles. The minimum Gasteiger partial charge on any atom is -0.309 e. The second-order valence-electron chi connectivity index (χ2n) is 7.78. The molecule has 2 aromatic rings. The molecule has 0 aliphatic heterocycles. The Bertz CT molecular complexity index is 890. The highest BCUT2D eigenvalue weighted by atomic mass is 127. The van der Waals surface area contributed by atoms with Crippen molar-refractivity contribution in [3.63, 3.8) is 0 Å². The summed E-state index contributed by atoms with van der Waals surface area (Å²) in [5, 5.41) is 0. The molecule has 2 rings (SSSR count). The predicted molar refractivity (Wildman–Crippen MR) is 141 cm³/mol. The summed E-state index contributed by atoms with van der Waals surface area (Å²) in [7, 11) is -3.11. The van der Waals surface area contributed by atoms with Crippen molar-refractivity contribution in [3.05, 3.63) is 65.8 Å². The first-order valence-electron chi connectivity index (χ1n) is 9.72. The first-order valence-corrected chi connectivity index (χ1v) is 13.6. The van der Waals surface area contributed by atoms with E-state index in [-0.39, 0.29) is 5.41 Å². The van der Waals surface area contributed by atoms with Crippen molar-refractivity contribution in [1.29, 1.82) is 0 Å². The van der Waals surface area contributed by atoms with Crippen molar-refractivity contribution >= 4 is 64.9 Å². The predicted octanol–water partition coefficient (Wildman–Crippen LogP) is 8.13. The minimum absolute atomic E-state index is 0.159. The van der Waals surface area contributed by atoms with Gasteiger partial charge >= 0.3 is 7.60 Å². The molecule has 0 aliphatic rings. The summed E-state index contributed by atoms with van der Waals surface area (Å²) in [5.41, 5.74) is 4.79. The summed E-state index contributed by atoms with van der Waals surface area (Å²) < 4.78 is 25.9. The SMILES string of the molecule is CCOP(=O)(Cc1cc(I)c(/C=C/c2ccc(C(C)(C)C)cc2)cc1I)OCC. The van der Waals surface area contributed by atoms with Gasteiger partial charge in [0, 0.05) is 7.14 Å². The lowest BCUT2D eigenvalue weighted by Crippen LogP contribution is -2.10. The fourth-order valence-electron chi connectivity index (χ4n) is 2.86. The van der Waals surface area contributed by atoms with Crippen LogP contribution in [0.3, 0.4) is 0 Å². The van der Waals surface area contributed by atoms with E-state index in [0.717, 1.165) is 18.3 Å². The lowest BCUT2D eigenvalue weighted by Gasteiger charge is -2.18. The molecule has 0 amide bonds. The van der Waals surface area contributed by atoms with Crippen molar-refractivity contribution in [2.24, 2.45) is 0 Å². The van der Waals surface area contributed by atoms with Gasteiger partial charge in [0.2, 0.25) is 0 Å². The van der Waals surface area contributed by atoms with Crippen LogP contribution in [0.5, 0.6) is 0 Å². The van der Waals surface area contributed by atoms with E-state index in [2.05, 4.69) is 115 Å². The van der Waals surface area contributed by atoms with Gasteiger partial charge in [-0.25, -0.2) is 0 Å². The molecule has 6 heteroatoms. The zero-order chi connectivity index (χ0) is 21.7. The minimum atomic E-state index is -3.11. The number of rotatable bonds is 8. The molecule has 0 atom stereocenters. The van der Waals surface area contributed by atoms with Gasteiger partial charge in [0.05, 0.1) is 19.4 Å². The van der Waals surface area contributed by atoms with E-state index >= 15 is 0 Å². The molecule has 0 heterocycles. The van der Waals surface area contributed by atoms with Crippen LogP contribution in [-0.2, 0) is 25.2 Å². The standard InChI is InChI=1S/C23H29I2O3P/c1-6-27-29(26,28-7-2)16-19-15-21(24)18(14-22(19)25)11-8-17-9-12-20(13-10-17)23(3,4)5/h8-15H,6-7,16H2,1-5H3/b11-8+. The molecule has 29 heavy (non-hydrogen) atoms. The van der Waals surface area contributed by atoms with E-state index in [1.54, 1.807) is 0 Å². The smallest absolute Gasteiger partial charge is 0.309 e. The molecule has 3 nitrogen and oxygen atoms in total. The second-order valence-corrected chi connectivity index (χ2v) is 12.2. The van der Waals surface area contributed by atoms with Gasteiger partial charge in [0.15, 0.2) is 0 Å². The second kappa shape index (κ2) is 10.9. The molecular formula is C23H29I2O3P. The first kappa shape index (κ1) is 25.1. The summed E-state index contributed by atoms with van der Waals surface area (Å²) in [5.74, 6) is 0. The molecular weight excluding hydrogens is 609 g/mol. The molecule has 0 bridgehead atoms.